The molecule has 4 rings (SSSR count). The van der Waals surface area contributed by atoms with Crippen LogP contribution < -0.4 is 10.6 Å². The maximum Gasteiger partial charge on any atom is 0.152 e. The Kier molecular flexibility index (Phi) is 1.70. The molecule has 3 heteroatoms. The molecule has 2 aromatic rings. The Labute approximate surface area is 103 Å². The van der Waals surface area contributed by atoms with Crippen LogP contribution in [0, 0.1) is 0 Å². The van der Waals surface area contributed by atoms with Crippen molar-refractivity contribution in [3.63, 3.8) is 0 Å². The average Bonchev–Trinajstić information content (AvgIpc) is 3.00. The SMILES string of the molecule is O=Cc1cc2c(c3c1=Nc1ccccc1-3)C=NC=2. The monoisotopic (exact) mass is 232 g/mol. The molecule has 0 bridgehead atoms. The third-order valence-corrected chi connectivity index (χ3v) is 3.35. The lowest BCUT2D eigenvalue weighted by Crippen LogP contribution is -2.20. The Balaban J connectivity index is 2.25. The number of carbonyl (C=O) groups excluding carboxylic acids is 1. The van der Waals surface area contributed by atoms with Crippen LogP contribution >= 0.6 is 0 Å². The van der Waals surface area contributed by atoms with Gasteiger partial charge >= 0.3 is 0 Å². The molecule has 0 aliphatic carbocycles. The van der Waals surface area contributed by atoms with Gasteiger partial charge in [-0.05, 0) is 12.1 Å². The summed E-state index contributed by atoms with van der Waals surface area (Å²) < 4.78 is 0. The lowest BCUT2D eigenvalue weighted by atomic mass is 9.97. The van der Waals surface area contributed by atoms with Crippen molar-refractivity contribution in [2.75, 3.05) is 0 Å². The fraction of sp³-hybridized carbons (Fsp3) is 0. The number of fused-ring (bicyclic) bond motifs is 5. The Morgan fingerprint density at radius 2 is 2.06 bits per heavy atom. The van der Waals surface area contributed by atoms with Crippen LogP contribution in [0.4, 0.5) is 5.69 Å². The molecule has 3 nitrogen and oxygen atoms in total. The zero-order valence-corrected chi connectivity index (χ0v) is 9.42. The first-order chi connectivity index (χ1) is 8.88. The zero-order valence-electron chi connectivity index (χ0n) is 9.42. The fourth-order valence-corrected chi connectivity index (χ4v) is 2.55. The highest BCUT2D eigenvalue weighted by atomic mass is 16.1. The number of aliphatic imine (C=N–C) groups is 1. The van der Waals surface area contributed by atoms with Crippen LogP contribution in [0.1, 0.15) is 15.9 Å². The molecule has 0 aromatic heterocycles. The van der Waals surface area contributed by atoms with E-state index in [1.165, 1.54) is 0 Å². The third kappa shape index (κ3) is 1.06. The maximum absolute atomic E-state index is 11.2. The van der Waals surface area contributed by atoms with Crippen molar-refractivity contribution in [2.45, 2.75) is 0 Å². The van der Waals surface area contributed by atoms with Gasteiger partial charge in [-0.15, -0.1) is 0 Å². The summed E-state index contributed by atoms with van der Waals surface area (Å²) in [6.07, 6.45) is 4.48. The molecule has 0 radical (unpaired) electrons. The number of hydrogen-bond donors (Lipinski definition) is 0. The molecule has 0 saturated carbocycles. The van der Waals surface area contributed by atoms with E-state index in [9.17, 15) is 4.79 Å². The number of para-hydroxylation sites is 1. The standard InChI is InChI=1S/C15H8N2O/c18-8-10-5-9-6-16-7-12(9)14-11-3-1-2-4-13(11)17-15(10)14/h1-8H. The first-order valence-electron chi connectivity index (χ1n) is 5.72. The van der Waals surface area contributed by atoms with Crippen molar-refractivity contribution in [3.05, 3.63) is 52.0 Å². The van der Waals surface area contributed by atoms with E-state index in [0.29, 0.717) is 5.56 Å². The van der Waals surface area contributed by atoms with Gasteiger partial charge in [-0.25, -0.2) is 4.99 Å². The normalized spacial score (nSPS) is 13.3. The van der Waals surface area contributed by atoms with Gasteiger partial charge in [0.05, 0.1) is 11.0 Å². The predicted molar refractivity (Wildman–Crippen MR) is 69.8 cm³/mol. The lowest BCUT2D eigenvalue weighted by molar-refractivity contribution is 0.112. The molecule has 2 aliphatic rings. The molecule has 0 amide bonds. The van der Waals surface area contributed by atoms with Gasteiger partial charge in [0, 0.05) is 39.9 Å². The van der Waals surface area contributed by atoms with E-state index in [1.807, 2.05) is 36.5 Å². The van der Waals surface area contributed by atoms with Crippen molar-refractivity contribution >= 4 is 24.4 Å². The largest absolute Gasteiger partial charge is 0.298 e. The molecular formula is C15H8N2O. The van der Waals surface area contributed by atoms with Gasteiger partial charge in [-0.2, -0.15) is 0 Å². The minimum absolute atomic E-state index is 0.627. The number of hydrogen-bond acceptors (Lipinski definition) is 3. The number of rotatable bonds is 1. The Morgan fingerprint density at radius 1 is 1.17 bits per heavy atom. The second kappa shape index (κ2) is 3.23. The van der Waals surface area contributed by atoms with Gasteiger partial charge in [0.15, 0.2) is 6.29 Å². The van der Waals surface area contributed by atoms with Crippen LogP contribution in [-0.2, 0) is 0 Å². The van der Waals surface area contributed by atoms with E-state index in [1.54, 1.807) is 6.20 Å². The number of carbonyl (C=O) groups is 1. The first kappa shape index (κ1) is 9.48. The molecule has 2 heterocycles. The van der Waals surface area contributed by atoms with Crippen LogP contribution in [-0.4, -0.2) is 12.5 Å². The number of nitrogens with zero attached hydrogens (tertiary/aromatic N) is 2. The highest BCUT2D eigenvalue weighted by Crippen LogP contribution is 2.33. The van der Waals surface area contributed by atoms with E-state index in [-0.39, 0.29) is 0 Å². The molecule has 0 spiro atoms. The Morgan fingerprint density at radius 3 is 2.94 bits per heavy atom. The molecule has 0 saturated heterocycles. The van der Waals surface area contributed by atoms with E-state index in [4.69, 9.17) is 0 Å². The van der Waals surface area contributed by atoms with Crippen molar-refractivity contribution in [1.29, 1.82) is 0 Å². The first-order valence-corrected chi connectivity index (χ1v) is 5.72. The van der Waals surface area contributed by atoms with Crippen molar-refractivity contribution in [1.82, 2.24) is 0 Å². The van der Waals surface area contributed by atoms with Crippen molar-refractivity contribution < 1.29 is 4.79 Å². The van der Waals surface area contributed by atoms with Crippen molar-refractivity contribution in [2.24, 2.45) is 9.98 Å². The minimum Gasteiger partial charge on any atom is -0.298 e. The second-order valence-corrected chi connectivity index (χ2v) is 4.35. The van der Waals surface area contributed by atoms with Crippen LogP contribution in [0.15, 0.2) is 40.3 Å². The van der Waals surface area contributed by atoms with Crippen LogP contribution in [0.2, 0.25) is 0 Å². The summed E-state index contributed by atoms with van der Waals surface area (Å²) in [5.41, 5.74) is 4.72. The molecule has 2 aliphatic heterocycles. The molecule has 0 atom stereocenters. The summed E-state index contributed by atoms with van der Waals surface area (Å²) in [5.74, 6) is 0. The number of benzene rings is 2. The van der Waals surface area contributed by atoms with Gasteiger partial charge in [-0.1, -0.05) is 18.2 Å². The smallest absolute Gasteiger partial charge is 0.152 e. The molecule has 0 unspecified atom stereocenters. The van der Waals surface area contributed by atoms with E-state index >= 15 is 0 Å². The third-order valence-electron chi connectivity index (χ3n) is 3.35. The minimum atomic E-state index is 0.627. The maximum atomic E-state index is 11.2. The number of aldehydes is 1. The van der Waals surface area contributed by atoms with Crippen LogP contribution in [0.5, 0.6) is 0 Å². The van der Waals surface area contributed by atoms with Crippen LogP contribution in [0.3, 0.4) is 0 Å². The van der Waals surface area contributed by atoms with Gasteiger partial charge in [0.1, 0.15) is 0 Å². The van der Waals surface area contributed by atoms with Gasteiger partial charge < -0.3 is 0 Å². The predicted octanol–water partition coefficient (Wildman–Crippen LogP) is 1.60. The summed E-state index contributed by atoms with van der Waals surface area (Å²) in [7, 11) is 0. The second-order valence-electron chi connectivity index (χ2n) is 4.35. The molecule has 0 fully saturated rings. The summed E-state index contributed by atoms with van der Waals surface area (Å²) >= 11 is 0. The van der Waals surface area contributed by atoms with Crippen molar-refractivity contribution in [3.8, 4) is 11.1 Å². The summed E-state index contributed by atoms with van der Waals surface area (Å²) in [4.78, 5) is 19.9. The highest BCUT2D eigenvalue weighted by molar-refractivity contribution is 5.99. The zero-order chi connectivity index (χ0) is 12.1. The fourth-order valence-electron chi connectivity index (χ4n) is 2.55. The molecule has 0 N–H and O–H groups in total. The molecule has 18 heavy (non-hydrogen) atoms. The lowest BCUT2D eigenvalue weighted by Gasteiger charge is -2.03. The topological polar surface area (TPSA) is 41.8 Å². The average molecular weight is 232 g/mol. The molecular weight excluding hydrogens is 224 g/mol. The van der Waals surface area contributed by atoms with E-state index in [0.717, 1.165) is 39.2 Å². The van der Waals surface area contributed by atoms with E-state index < -0.39 is 0 Å². The van der Waals surface area contributed by atoms with Gasteiger partial charge in [-0.3, -0.25) is 9.79 Å². The summed E-state index contributed by atoms with van der Waals surface area (Å²) in [6, 6.07) is 9.79. The molecule has 84 valence electrons. The quantitative estimate of drug-likeness (QED) is 0.587. The summed E-state index contributed by atoms with van der Waals surface area (Å²) in [6.45, 7) is 0. The van der Waals surface area contributed by atoms with Gasteiger partial charge in [0.25, 0.3) is 0 Å². The summed E-state index contributed by atoms with van der Waals surface area (Å²) in [5, 5.41) is 1.76. The molecule has 2 aromatic carbocycles. The Bertz CT molecular complexity index is 848. The van der Waals surface area contributed by atoms with Gasteiger partial charge in [0.2, 0.25) is 0 Å². The van der Waals surface area contributed by atoms with Crippen LogP contribution in [0.25, 0.3) is 17.3 Å². The Hall–Kier alpha value is -2.55. The van der Waals surface area contributed by atoms with E-state index in [2.05, 4.69) is 9.98 Å². The highest BCUT2D eigenvalue weighted by Gasteiger charge is 2.20.